The molecule has 0 bridgehead atoms. The SMILES string of the molecule is COc1cccc(-c2csc(N3CCC(S(=O)(=O)c4ccc(Br)cc4Cl)CC3)n2)c1. The van der Waals surface area contributed by atoms with Crippen LogP contribution in [0.1, 0.15) is 12.8 Å². The van der Waals surface area contributed by atoms with Crippen molar-refractivity contribution in [1.29, 1.82) is 0 Å². The molecule has 3 aromatic rings. The van der Waals surface area contributed by atoms with Crippen LogP contribution in [-0.2, 0) is 9.84 Å². The van der Waals surface area contributed by atoms with Crippen LogP contribution in [-0.4, -0.2) is 38.9 Å². The van der Waals surface area contributed by atoms with E-state index in [0.29, 0.717) is 25.9 Å². The average Bonchev–Trinajstić information content (AvgIpc) is 3.24. The number of rotatable bonds is 5. The maximum absolute atomic E-state index is 13.1. The molecule has 9 heteroatoms. The zero-order valence-corrected chi connectivity index (χ0v) is 20.2. The molecule has 1 aromatic heterocycles. The van der Waals surface area contributed by atoms with Crippen molar-refractivity contribution >= 4 is 53.8 Å². The van der Waals surface area contributed by atoms with Crippen molar-refractivity contribution < 1.29 is 13.2 Å². The van der Waals surface area contributed by atoms with E-state index in [1.54, 1.807) is 36.6 Å². The average molecular weight is 528 g/mol. The van der Waals surface area contributed by atoms with Crippen molar-refractivity contribution in [2.45, 2.75) is 23.0 Å². The molecule has 2 aromatic carbocycles. The highest BCUT2D eigenvalue weighted by Crippen LogP contribution is 2.34. The molecule has 0 amide bonds. The molecule has 1 aliphatic rings. The van der Waals surface area contributed by atoms with E-state index in [-0.39, 0.29) is 9.92 Å². The quantitative estimate of drug-likeness (QED) is 0.427. The lowest BCUT2D eigenvalue weighted by atomic mass is 10.1. The van der Waals surface area contributed by atoms with Crippen LogP contribution in [0.3, 0.4) is 0 Å². The summed E-state index contributed by atoms with van der Waals surface area (Å²) in [6.07, 6.45) is 1.09. The summed E-state index contributed by atoms with van der Waals surface area (Å²) in [5.74, 6) is 0.791. The first-order chi connectivity index (χ1) is 14.4. The smallest absolute Gasteiger partial charge is 0.185 e. The van der Waals surface area contributed by atoms with E-state index < -0.39 is 15.1 Å². The molecule has 0 N–H and O–H groups in total. The Morgan fingerprint density at radius 2 is 1.97 bits per heavy atom. The van der Waals surface area contributed by atoms with Crippen molar-refractivity contribution in [2.24, 2.45) is 0 Å². The predicted molar refractivity (Wildman–Crippen MR) is 126 cm³/mol. The summed E-state index contributed by atoms with van der Waals surface area (Å²) >= 11 is 11.1. The van der Waals surface area contributed by atoms with Crippen LogP contribution in [0.25, 0.3) is 11.3 Å². The van der Waals surface area contributed by atoms with E-state index in [1.165, 1.54) is 0 Å². The largest absolute Gasteiger partial charge is 0.497 e. The number of hydrogen-bond acceptors (Lipinski definition) is 6. The fraction of sp³-hybridized carbons (Fsp3) is 0.286. The van der Waals surface area contributed by atoms with Gasteiger partial charge in [-0.1, -0.05) is 39.7 Å². The number of anilines is 1. The Balaban J connectivity index is 1.46. The van der Waals surface area contributed by atoms with E-state index in [2.05, 4.69) is 20.8 Å². The van der Waals surface area contributed by atoms with Gasteiger partial charge in [-0.3, -0.25) is 0 Å². The molecule has 0 aliphatic carbocycles. The topological polar surface area (TPSA) is 59.5 Å². The number of nitrogens with zero attached hydrogens (tertiary/aromatic N) is 2. The van der Waals surface area contributed by atoms with E-state index >= 15 is 0 Å². The number of methoxy groups -OCH3 is 1. The Morgan fingerprint density at radius 1 is 1.20 bits per heavy atom. The first kappa shape index (κ1) is 21.6. The van der Waals surface area contributed by atoms with Crippen molar-refractivity contribution in [3.05, 3.63) is 57.3 Å². The van der Waals surface area contributed by atoms with Gasteiger partial charge in [0.1, 0.15) is 5.75 Å². The lowest BCUT2D eigenvalue weighted by Crippen LogP contribution is -2.39. The van der Waals surface area contributed by atoms with E-state index in [1.807, 2.05) is 29.6 Å². The fourth-order valence-corrected chi connectivity index (χ4v) is 7.23. The van der Waals surface area contributed by atoms with E-state index in [0.717, 1.165) is 26.6 Å². The first-order valence-corrected chi connectivity index (χ1v) is 13.0. The molecule has 1 saturated heterocycles. The van der Waals surface area contributed by atoms with E-state index in [9.17, 15) is 8.42 Å². The number of halogens is 2. The minimum absolute atomic E-state index is 0.209. The van der Waals surface area contributed by atoms with Crippen LogP contribution < -0.4 is 9.64 Å². The van der Waals surface area contributed by atoms with Gasteiger partial charge in [0, 0.05) is 28.5 Å². The third-order valence-electron chi connectivity index (χ3n) is 5.21. The van der Waals surface area contributed by atoms with Gasteiger partial charge in [-0.25, -0.2) is 13.4 Å². The van der Waals surface area contributed by atoms with Crippen LogP contribution in [0.15, 0.2) is 57.2 Å². The first-order valence-electron chi connectivity index (χ1n) is 9.42. The molecule has 1 fully saturated rings. The molecule has 0 unspecified atom stereocenters. The number of sulfone groups is 1. The summed E-state index contributed by atoms with van der Waals surface area (Å²) < 4.78 is 32.2. The van der Waals surface area contributed by atoms with Crippen LogP contribution in [0.5, 0.6) is 5.75 Å². The van der Waals surface area contributed by atoms with Crippen molar-refractivity contribution in [3.63, 3.8) is 0 Å². The van der Waals surface area contributed by atoms with Gasteiger partial charge in [-0.05, 0) is 43.2 Å². The standard InChI is InChI=1S/C21H20BrClN2O3S2/c1-28-16-4-2-3-14(11-16)19-13-29-21(24-19)25-9-7-17(8-10-25)30(26,27)20-6-5-15(22)12-18(20)23/h2-6,11-13,17H,7-10H2,1H3. The molecule has 1 aliphatic heterocycles. The van der Waals surface area contributed by atoms with Gasteiger partial charge in [-0.15, -0.1) is 11.3 Å². The summed E-state index contributed by atoms with van der Waals surface area (Å²) in [5.41, 5.74) is 1.89. The van der Waals surface area contributed by atoms with Gasteiger partial charge >= 0.3 is 0 Å². The number of ether oxygens (including phenoxy) is 1. The summed E-state index contributed by atoms with van der Waals surface area (Å²) in [5, 5.41) is 2.75. The van der Waals surface area contributed by atoms with Crippen molar-refractivity contribution in [2.75, 3.05) is 25.1 Å². The van der Waals surface area contributed by atoms with Crippen LogP contribution in [0.2, 0.25) is 5.02 Å². The minimum Gasteiger partial charge on any atom is -0.497 e. The fourth-order valence-electron chi connectivity index (χ4n) is 3.57. The van der Waals surface area contributed by atoms with Crippen LogP contribution in [0, 0.1) is 0 Å². The molecule has 0 saturated carbocycles. The highest BCUT2D eigenvalue weighted by Gasteiger charge is 2.33. The summed E-state index contributed by atoms with van der Waals surface area (Å²) in [4.78, 5) is 7.13. The number of benzene rings is 2. The Bertz CT molecular complexity index is 1160. The highest BCUT2D eigenvalue weighted by atomic mass is 79.9. The highest BCUT2D eigenvalue weighted by molar-refractivity contribution is 9.10. The monoisotopic (exact) mass is 526 g/mol. The van der Waals surface area contributed by atoms with Crippen molar-refractivity contribution in [1.82, 2.24) is 4.98 Å². The molecular weight excluding hydrogens is 508 g/mol. The number of thiazole rings is 1. The molecular formula is C21H20BrClN2O3S2. The normalized spacial score (nSPS) is 15.4. The van der Waals surface area contributed by atoms with Gasteiger partial charge in [0.25, 0.3) is 0 Å². The van der Waals surface area contributed by atoms with Gasteiger partial charge in [0.2, 0.25) is 0 Å². The van der Waals surface area contributed by atoms with Gasteiger partial charge in [0.05, 0.1) is 28.0 Å². The van der Waals surface area contributed by atoms with Gasteiger partial charge in [0.15, 0.2) is 15.0 Å². The second kappa shape index (κ2) is 8.86. The second-order valence-corrected chi connectivity index (χ2v) is 11.4. The second-order valence-electron chi connectivity index (χ2n) is 7.05. The van der Waals surface area contributed by atoms with Crippen molar-refractivity contribution in [3.8, 4) is 17.0 Å². The Kier molecular flexibility index (Phi) is 6.39. The molecule has 30 heavy (non-hydrogen) atoms. The zero-order valence-electron chi connectivity index (χ0n) is 16.2. The Hall–Kier alpha value is -1.61. The molecule has 4 rings (SSSR count). The van der Waals surface area contributed by atoms with Gasteiger partial charge in [-0.2, -0.15) is 0 Å². The lowest BCUT2D eigenvalue weighted by Gasteiger charge is -2.31. The Morgan fingerprint density at radius 3 is 2.67 bits per heavy atom. The van der Waals surface area contributed by atoms with Crippen LogP contribution >= 0.6 is 38.9 Å². The third-order valence-corrected chi connectivity index (χ3v) is 9.35. The summed E-state index contributed by atoms with van der Waals surface area (Å²) in [6, 6.07) is 12.7. The predicted octanol–water partition coefficient (Wildman–Crippen LogP) is 5.68. The van der Waals surface area contributed by atoms with Crippen LogP contribution in [0.4, 0.5) is 5.13 Å². The lowest BCUT2D eigenvalue weighted by molar-refractivity contribution is 0.415. The number of piperidine rings is 1. The summed E-state index contributed by atoms with van der Waals surface area (Å²) in [6.45, 7) is 1.28. The maximum atomic E-state index is 13.1. The van der Waals surface area contributed by atoms with E-state index in [4.69, 9.17) is 21.3 Å². The molecule has 0 atom stereocenters. The molecule has 0 spiro atoms. The summed E-state index contributed by atoms with van der Waals surface area (Å²) in [7, 11) is -1.83. The molecule has 2 heterocycles. The molecule has 5 nitrogen and oxygen atoms in total. The third kappa shape index (κ3) is 4.37. The minimum atomic E-state index is -3.47. The Labute approximate surface area is 193 Å². The number of hydrogen-bond donors (Lipinski definition) is 0. The molecule has 0 radical (unpaired) electrons. The molecule has 158 valence electrons. The van der Waals surface area contributed by atoms with Gasteiger partial charge < -0.3 is 9.64 Å². The maximum Gasteiger partial charge on any atom is 0.185 e. The number of aromatic nitrogens is 1. The zero-order chi connectivity index (χ0) is 21.3.